The first-order chi connectivity index (χ1) is 9.76. The summed E-state index contributed by atoms with van der Waals surface area (Å²) in [5, 5.41) is 3.67. The van der Waals surface area contributed by atoms with Crippen molar-refractivity contribution in [1.29, 1.82) is 0 Å². The highest BCUT2D eigenvalue weighted by molar-refractivity contribution is 9.10. The van der Waals surface area contributed by atoms with Crippen LogP contribution in [0.2, 0.25) is 0 Å². The molecule has 0 bridgehead atoms. The molecule has 0 heterocycles. The maximum atomic E-state index is 14.2. The van der Waals surface area contributed by atoms with E-state index in [1.165, 1.54) is 19.3 Å². The zero-order valence-electron chi connectivity index (χ0n) is 13.2. The Morgan fingerprint density at radius 2 is 1.95 bits per heavy atom. The van der Waals surface area contributed by atoms with E-state index in [2.05, 4.69) is 42.0 Å². The van der Waals surface area contributed by atoms with Crippen molar-refractivity contribution in [2.75, 3.05) is 6.54 Å². The van der Waals surface area contributed by atoms with Gasteiger partial charge in [0.25, 0.3) is 0 Å². The van der Waals surface area contributed by atoms with Crippen molar-refractivity contribution in [3.63, 3.8) is 0 Å². The van der Waals surface area contributed by atoms with Crippen molar-refractivity contribution in [2.45, 2.75) is 52.0 Å². The molecule has 3 rings (SSSR count). The van der Waals surface area contributed by atoms with Crippen molar-refractivity contribution in [3.05, 3.63) is 34.1 Å². The highest BCUT2D eigenvalue weighted by Gasteiger charge is 2.53. The first-order valence-corrected chi connectivity index (χ1v) is 8.75. The SMILES string of the molecule is CC(C)(C)NCC1(Cc2ccc(Br)cc2F)CC2CC2C1. The Hall–Kier alpha value is -0.410. The van der Waals surface area contributed by atoms with Gasteiger partial charge >= 0.3 is 0 Å². The Kier molecular flexibility index (Phi) is 3.94. The molecule has 2 fully saturated rings. The topological polar surface area (TPSA) is 12.0 Å². The predicted octanol–water partition coefficient (Wildman–Crippen LogP) is 4.94. The standard InChI is InChI=1S/C18H25BrFN/c1-17(2,3)21-11-18(9-13-6-14(13)10-18)8-12-4-5-15(19)7-16(12)20/h4-5,7,13-14,21H,6,8-11H2,1-3H3. The maximum Gasteiger partial charge on any atom is 0.127 e. The van der Waals surface area contributed by atoms with Crippen LogP contribution in [0.4, 0.5) is 4.39 Å². The van der Waals surface area contributed by atoms with Crippen LogP contribution in [0.3, 0.4) is 0 Å². The molecular weight excluding hydrogens is 329 g/mol. The second-order valence-corrected chi connectivity index (χ2v) is 9.10. The van der Waals surface area contributed by atoms with Gasteiger partial charge in [-0.15, -0.1) is 0 Å². The van der Waals surface area contributed by atoms with Gasteiger partial charge in [-0.1, -0.05) is 22.0 Å². The second kappa shape index (κ2) is 5.34. The molecule has 1 nitrogen and oxygen atoms in total. The third-order valence-corrected chi connectivity index (χ3v) is 5.53. The third-order valence-electron chi connectivity index (χ3n) is 5.03. The molecule has 0 spiro atoms. The van der Waals surface area contributed by atoms with Crippen molar-refractivity contribution in [3.8, 4) is 0 Å². The maximum absolute atomic E-state index is 14.2. The third kappa shape index (κ3) is 3.68. The van der Waals surface area contributed by atoms with Crippen LogP contribution in [-0.2, 0) is 6.42 Å². The predicted molar refractivity (Wildman–Crippen MR) is 88.8 cm³/mol. The minimum Gasteiger partial charge on any atom is -0.312 e. The van der Waals surface area contributed by atoms with Gasteiger partial charge in [0, 0.05) is 16.6 Å². The van der Waals surface area contributed by atoms with E-state index in [1.54, 1.807) is 6.07 Å². The van der Waals surface area contributed by atoms with E-state index in [0.29, 0.717) is 0 Å². The first-order valence-electron chi connectivity index (χ1n) is 7.95. The van der Waals surface area contributed by atoms with Gasteiger partial charge in [-0.05, 0) is 81.4 Å². The van der Waals surface area contributed by atoms with Gasteiger partial charge < -0.3 is 5.32 Å². The van der Waals surface area contributed by atoms with Crippen molar-refractivity contribution < 1.29 is 4.39 Å². The Bertz CT molecular complexity index is 525. The molecule has 2 unspecified atom stereocenters. The van der Waals surface area contributed by atoms with Crippen LogP contribution in [0.5, 0.6) is 0 Å². The summed E-state index contributed by atoms with van der Waals surface area (Å²) in [6, 6.07) is 5.50. The smallest absolute Gasteiger partial charge is 0.127 e. The molecule has 1 aromatic carbocycles. The van der Waals surface area contributed by atoms with Crippen molar-refractivity contribution in [1.82, 2.24) is 5.32 Å². The lowest BCUT2D eigenvalue weighted by molar-refractivity contribution is 0.220. The molecule has 2 saturated carbocycles. The number of halogens is 2. The van der Waals surface area contributed by atoms with E-state index in [9.17, 15) is 4.39 Å². The highest BCUT2D eigenvalue weighted by Crippen LogP contribution is 2.60. The molecule has 0 aliphatic heterocycles. The van der Waals surface area contributed by atoms with E-state index in [4.69, 9.17) is 0 Å². The molecule has 3 heteroatoms. The molecule has 2 aliphatic carbocycles. The van der Waals surface area contributed by atoms with Crippen LogP contribution >= 0.6 is 15.9 Å². The fourth-order valence-corrected chi connectivity index (χ4v) is 4.21. The Morgan fingerprint density at radius 1 is 1.29 bits per heavy atom. The Labute approximate surface area is 135 Å². The van der Waals surface area contributed by atoms with Gasteiger partial charge in [-0.2, -0.15) is 0 Å². The van der Waals surface area contributed by atoms with Crippen LogP contribution in [0, 0.1) is 23.1 Å². The van der Waals surface area contributed by atoms with E-state index in [0.717, 1.165) is 34.8 Å². The lowest BCUT2D eigenvalue weighted by Gasteiger charge is -2.35. The number of benzene rings is 1. The molecule has 0 amide bonds. The average Bonchev–Trinajstić information content (AvgIpc) is 2.98. The second-order valence-electron chi connectivity index (χ2n) is 8.18. The minimum absolute atomic E-state index is 0.0694. The number of fused-ring (bicyclic) bond motifs is 1. The van der Waals surface area contributed by atoms with Gasteiger partial charge in [0.2, 0.25) is 0 Å². The zero-order valence-corrected chi connectivity index (χ0v) is 14.8. The molecule has 116 valence electrons. The minimum atomic E-state index is -0.0694. The van der Waals surface area contributed by atoms with Gasteiger partial charge in [-0.3, -0.25) is 0 Å². The number of nitrogens with one attached hydrogen (secondary N) is 1. The molecule has 1 N–H and O–H groups in total. The number of hydrogen-bond acceptors (Lipinski definition) is 1. The molecule has 2 aliphatic rings. The van der Waals surface area contributed by atoms with E-state index in [-0.39, 0.29) is 16.8 Å². The fourth-order valence-electron chi connectivity index (χ4n) is 3.88. The first kappa shape index (κ1) is 15.5. The zero-order chi connectivity index (χ0) is 15.3. The monoisotopic (exact) mass is 353 g/mol. The van der Waals surface area contributed by atoms with Gasteiger partial charge in [-0.25, -0.2) is 4.39 Å². The van der Waals surface area contributed by atoms with Crippen LogP contribution in [0.15, 0.2) is 22.7 Å². The van der Waals surface area contributed by atoms with E-state index >= 15 is 0 Å². The summed E-state index contributed by atoms with van der Waals surface area (Å²) in [5.41, 5.74) is 1.24. The van der Waals surface area contributed by atoms with E-state index < -0.39 is 0 Å². The van der Waals surface area contributed by atoms with Crippen LogP contribution in [-0.4, -0.2) is 12.1 Å². The van der Waals surface area contributed by atoms with Gasteiger partial charge in [0.1, 0.15) is 5.82 Å². The summed E-state index contributed by atoms with van der Waals surface area (Å²) in [6.07, 6.45) is 4.79. The van der Waals surface area contributed by atoms with Gasteiger partial charge in [0.15, 0.2) is 0 Å². The van der Waals surface area contributed by atoms with Gasteiger partial charge in [0.05, 0.1) is 0 Å². The summed E-state index contributed by atoms with van der Waals surface area (Å²) in [5.74, 6) is 1.75. The summed E-state index contributed by atoms with van der Waals surface area (Å²) in [4.78, 5) is 0. The lowest BCUT2D eigenvalue weighted by atomic mass is 9.76. The Balaban J connectivity index is 1.76. The quantitative estimate of drug-likeness (QED) is 0.808. The molecule has 0 saturated heterocycles. The fraction of sp³-hybridized carbons (Fsp3) is 0.667. The summed E-state index contributed by atoms with van der Waals surface area (Å²) in [6.45, 7) is 7.61. The lowest BCUT2D eigenvalue weighted by Crippen LogP contribution is -2.44. The van der Waals surface area contributed by atoms with Crippen LogP contribution in [0.1, 0.15) is 45.6 Å². The summed E-state index contributed by atoms with van der Waals surface area (Å²) >= 11 is 3.34. The molecule has 2 atom stereocenters. The number of hydrogen-bond donors (Lipinski definition) is 1. The van der Waals surface area contributed by atoms with Crippen LogP contribution in [0.25, 0.3) is 0 Å². The molecule has 0 aromatic heterocycles. The molecule has 0 radical (unpaired) electrons. The Morgan fingerprint density at radius 3 is 2.52 bits per heavy atom. The molecule has 1 aromatic rings. The molecule has 21 heavy (non-hydrogen) atoms. The molecular formula is C18H25BrFN. The van der Waals surface area contributed by atoms with Crippen LogP contribution < -0.4 is 5.32 Å². The number of rotatable bonds is 4. The van der Waals surface area contributed by atoms with Crippen molar-refractivity contribution >= 4 is 15.9 Å². The highest BCUT2D eigenvalue weighted by atomic mass is 79.9. The average molecular weight is 354 g/mol. The summed E-state index contributed by atoms with van der Waals surface area (Å²) < 4.78 is 15.0. The summed E-state index contributed by atoms with van der Waals surface area (Å²) in [7, 11) is 0. The van der Waals surface area contributed by atoms with Crippen molar-refractivity contribution in [2.24, 2.45) is 17.3 Å². The largest absolute Gasteiger partial charge is 0.312 e. The normalized spacial score (nSPS) is 31.3. The van der Waals surface area contributed by atoms with E-state index in [1.807, 2.05) is 12.1 Å².